The van der Waals surface area contributed by atoms with Gasteiger partial charge in [-0.3, -0.25) is 4.90 Å². The number of benzene rings is 2. The molecule has 3 rings (SSSR count). The van der Waals surface area contributed by atoms with Gasteiger partial charge in [-0.05, 0) is 49.6 Å². The Hall–Kier alpha value is -2.80. The summed E-state index contributed by atoms with van der Waals surface area (Å²) >= 11 is 0. The molecule has 0 unspecified atom stereocenters. The van der Waals surface area contributed by atoms with Crippen molar-refractivity contribution in [3.05, 3.63) is 77.0 Å². The van der Waals surface area contributed by atoms with Gasteiger partial charge in [0.05, 0.1) is 12.3 Å². The van der Waals surface area contributed by atoms with E-state index in [0.717, 1.165) is 40.9 Å². The minimum absolute atomic E-state index is 0.185. The van der Waals surface area contributed by atoms with Gasteiger partial charge >= 0.3 is 0 Å². The Morgan fingerprint density at radius 3 is 2.77 bits per heavy atom. The third-order valence-corrected chi connectivity index (χ3v) is 5.45. The average Bonchev–Trinajstić information content (AvgIpc) is 2.73. The maximum absolute atomic E-state index is 10.5. The molecule has 6 N–H and O–H groups in total. The highest BCUT2D eigenvalue weighted by Gasteiger charge is 2.28. The molecule has 0 fully saturated rings. The van der Waals surface area contributed by atoms with Crippen molar-refractivity contribution >= 4 is 11.4 Å². The smallest absolute Gasteiger partial charge is 0.120 e. The summed E-state index contributed by atoms with van der Waals surface area (Å²) in [6.07, 6.45) is 4.51. The molecule has 0 aromatic heterocycles. The number of nitrogens with two attached hydrogens (primary N) is 1. The van der Waals surface area contributed by atoms with Crippen LogP contribution < -0.4 is 11.1 Å². The van der Waals surface area contributed by atoms with Gasteiger partial charge in [0, 0.05) is 42.6 Å². The van der Waals surface area contributed by atoms with Gasteiger partial charge in [0.2, 0.25) is 0 Å². The normalized spacial score (nSPS) is 17.3. The average molecular weight is 410 g/mol. The quantitative estimate of drug-likeness (QED) is 0.451. The summed E-state index contributed by atoms with van der Waals surface area (Å²) in [6.45, 7) is 5.27. The molecule has 2 aromatic rings. The van der Waals surface area contributed by atoms with Crippen molar-refractivity contribution in [3.8, 4) is 5.75 Å². The van der Waals surface area contributed by atoms with Crippen LogP contribution in [0.2, 0.25) is 0 Å². The molecule has 0 radical (unpaired) electrons. The molecule has 0 bridgehead atoms. The maximum Gasteiger partial charge on any atom is 0.120 e. The molecule has 1 atom stereocenters. The van der Waals surface area contributed by atoms with Crippen LogP contribution in [0.15, 0.2) is 60.3 Å². The van der Waals surface area contributed by atoms with E-state index < -0.39 is 5.60 Å². The van der Waals surface area contributed by atoms with E-state index in [4.69, 9.17) is 5.73 Å². The number of rotatable bonds is 7. The third-order valence-electron chi connectivity index (χ3n) is 5.45. The number of aromatic hydroxyl groups is 1. The summed E-state index contributed by atoms with van der Waals surface area (Å²) in [6, 6.07) is 13.4. The Kier molecular flexibility index (Phi) is 6.82. The number of hydrogen-bond donors (Lipinski definition) is 5. The van der Waals surface area contributed by atoms with Crippen molar-refractivity contribution in [2.75, 3.05) is 25.0 Å². The van der Waals surface area contributed by atoms with E-state index in [-0.39, 0.29) is 12.4 Å². The van der Waals surface area contributed by atoms with Crippen LogP contribution in [-0.2, 0) is 6.54 Å². The molecule has 2 aromatic carbocycles. The zero-order valence-corrected chi connectivity index (χ0v) is 17.6. The van der Waals surface area contributed by atoms with Crippen LogP contribution in [0.25, 0.3) is 5.70 Å². The number of anilines is 1. The molecule has 1 aliphatic rings. The molecule has 1 aliphatic heterocycles. The second-order valence-corrected chi connectivity index (χ2v) is 8.12. The molecule has 6 heteroatoms. The maximum atomic E-state index is 10.5. The lowest BCUT2D eigenvalue weighted by atomic mass is 9.92. The first-order chi connectivity index (χ1) is 14.3. The zero-order valence-electron chi connectivity index (χ0n) is 17.6. The predicted octanol–water partition coefficient (Wildman–Crippen LogP) is 2.95. The predicted molar refractivity (Wildman–Crippen MR) is 121 cm³/mol. The van der Waals surface area contributed by atoms with Gasteiger partial charge < -0.3 is 26.4 Å². The highest BCUT2D eigenvalue weighted by Crippen LogP contribution is 2.27. The molecular weight excluding hydrogens is 378 g/mol. The first-order valence-corrected chi connectivity index (χ1v) is 10.1. The Labute approximate surface area is 178 Å². The molecule has 0 spiro atoms. The molecule has 160 valence electrons. The minimum atomic E-state index is -1.21. The number of phenols is 1. The van der Waals surface area contributed by atoms with E-state index in [1.165, 1.54) is 0 Å². The zero-order chi connectivity index (χ0) is 21.7. The molecule has 6 nitrogen and oxygen atoms in total. The summed E-state index contributed by atoms with van der Waals surface area (Å²) in [5.41, 5.74) is 9.94. The molecule has 0 saturated heterocycles. The largest absolute Gasteiger partial charge is 0.508 e. The lowest BCUT2D eigenvalue weighted by Gasteiger charge is -2.33. The van der Waals surface area contributed by atoms with Gasteiger partial charge in [0.15, 0.2) is 0 Å². The number of nitrogens with zero attached hydrogens (tertiary/aromatic N) is 1. The van der Waals surface area contributed by atoms with Crippen molar-refractivity contribution < 1.29 is 15.3 Å². The first kappa shape index (κ1) is 21.9. The molecule has 30 heavy (non-hydrogen) atoms. The van der Waals surface area contributed by atoms with Crippen molar-refractivity contribution in [1.82, 2.24) is 4.90 Å². The topological polar surface area (TPSA) is 102 Å². The number of aliphatic hydroxyl groups is 2. The Balaban J connectivity index is 1.66. The van der Waals surface area contributed by atoms with Crippen molar-refractivity contribution in [3.63, 3.8) is 0 Å². The second-order valence-electron chi connectivity index (χ2n) is 8.12. The number of hydrogen-bond acceptors (Lipinski definition) is 6. The van der Waals surface area contributed by atoms with E-state index in [0.29, 0.717) is 18.8 Å². The second kappa shape index (κ2) is 9.34. The van der Waals surface area contributed by atoms with Crippen molar-refractivity contribution in [2.24, 2.45) is 5.73 Å². The molecule has 1 heterocycles. The van der Waals surface area contributed by atoms with Gasteiger partial charge in [-0.15, -0.1) is 0 Å². The fraction of sp³-hybridized carbons (Fsp3) is 0.333. The van der Waals surface area contributed by atoms with Crippen LogP contribution >= 0.6 is 0 Å². The number of aliphatic hydroxyl groups excluding tert-OH is 1. The van der Waals surface area contributed by atoms with Crippen molar-refractivity contribution in [1.29, 1.82) is 0 Å². The number of nitrogens with one attached hydrogen (secondary N) is 1. The SMILES string of the molecule is Cc1cccc(N/C=C(\N)c2ccc(CN3CCC=C([C@](C)(O)CO)C3)c(O)c2)c1. The standard InChI is InChI=1S/C24H31N3O3/c1-17-5-3-7-21(11-17)26-13-22(25)18-8-9-19(23(29)12-18)14-27-10-4-6-20(15-27)24(2,30)16-28/h3,5-9,11-13,26,28-30H,4,10,14-16,25H2,1-2H3/b22-13-/t24-/m1/s1. The third kappa shape index (κ3) is 5.42. The highest BCUT2D eigenvalue weighted by molar-refractivity contribution is 5.67. The van der Waals surface area contributed by atoms with Gasteiger partial charge in [-0.2, -0.15) is 0 Å². The first-order valence-electron chi connectivity index (χ1n) is 10.1. The molecular formula is C24H31N3O3. The van der Waals surface area contributed by atoms with Crippen LogP contribution in [0.5, 0.6) is 5.75 Å². The van der Waals surface area contributed by atoms with E-state index in [1.54, 1.807) is 19.2 Å². The Morgan fingerprint density at radius 2 is 2.07 bits per heavy atom. The lowest BCUT2D eigenvalue weighted by Crippen LogP contribution is -2.40. The van der Waals surface area contributed by atoms with Crippen molar-refractivity contribution in [2.45, 2.75) is 32.4 Å². The summed E-state index contributed by atoms with van der Waals surface area (Å²) in [4.78, 5) is 2.15. The van der Waals surface area contributed by atoms with Gasteiger partial charge in [-0.25, -0.2) is 0 Å². The lowest BCUT2D eigenvalue weighted by molar-refractivity contribution is 0.0247. The molecule has 0 amide bonds. The number of aryl methyl sites for hydroxylation is 1. The van der Waals surface area contributed by atoms with Crippen LogP contribution in [0.4, 0.5) is 5.69 Å². The fourth-order valence-electron chi connectivity index (χ4n) is 3.53. The van der Waals surface area contributed by atoms with E-state index in [1.807, 2.05) is 49.4 Å². The minimum Gasteiger partial charge on any atom is -0.508 e. The molecule has 0 saturated carbocycles. The Bertz CT molecular complexity index is 950. The van der Waals surface area contributed by atoms with Gasteiger partial charge in [0.1, 0.15) is 11.4 Å². The monoisotopic (exact) mass is 409 g/mol. The van der Waals surface area contributed by atoms with Crippen LogP contribution in [0.3, 0.4) is 0 Å². The summed E-state index contributed by atoms with van der Waals surface area (Å²) in [5.74, 6) is 0.185. The summed E-state index contributed by atoms with van der Waals surface area (Å²) in [7, 11) is 0. The molecule has 0 aliphatic carbocycles. The fourth-order valence-corrected chi connectivity index (χ4v) is 3.53. The van der Waals surface area contributed by atoms with E-state index >= 15 is 0 Å². The van der Waals surface area contributed by atoms with Crippen LogP contribution in [0, 0.1) is 6.92 Å². The highest BCUT2D eigenvalue weighted by atomic mass is 16.3. The van der Waals surface area contributed by atoms with Gasteiger partial charge in [-0.1, -0.05) is 30.3 Å². The van der Waals surface area contributed by atoms with E-state index in [2.05, 4.69) is 10.2 Å². The van der Waals surface area contributed by atoms with Crippen LogP contribution in [-0.4, -0.2) is 45.5 Å². The van der Waals surface area contributed by atoms with Crippen LogP contribution in [0.1, 0.15) is 30.0 Å². The summed E-state index contributed by atoms with van der Waals surface area (Å²) < 4.78 is 0. The summed E-state index contributed by atoms with van der Waals surface area (Å²) in [5, 5.41) is 33.4. The number of phenolic OH excluding ortho intramolecular Hbond substituents is 1. The Morgan fingerprint density at radius 1 is 1.27 bits per heavy atom. The van der Waals surface area contributed by atoms with Gasteiger partial charge in [0.25, 0.3) is 0 Å². The van der Waals surface area contributed by atoms with E-state index in [9.17, 15) is 15.3 Å².